The average molecular weight is 344 g/mol. The Balaban J connectivity index is 1.64. The fraction of sp³-hybridized carbons (Fsp3) is 0.278. The van der Waals surface area contributed by atoms with Crippen LogP contribution in [0.4, 0.5) is 5.69 Å². The summed E-state index contributed by atoms with van der Waals surface area (Å²) >= 11 is 5.98. The highest BCUT2D eigenvalue weighted by molar-refractivity contribution is 6.31. The lowest BCUT2D eigenvalue weighted by molar-refractivity contribution is -0.128. The summed E-state index contributed by atoms with van der Waals surface area (Å²) in [5, 5.41) is 3.45. The minimum absolute atomic E-state index is 0.0244. The maximum atomic E-state index is 12.5. The molecule has 6 heteroatoms. The third kappa shape index (κ3) is 3.74. The first-order chi connectivity index (χ1) is 11.5. The Hall–Kier alpha value is -2.40. The fourth-order valence-electron chi connectivity index (χ4n) is 2.75. The molecule has 0 saturated carbocycles. The number of carbonyl (C=O) groups excluding carboxylic acids is 2. The van der Waals surface area contributed by atoms with Crippen LogP contribution in [0.2, 0.25) is 5.02 Å². The van der Waals surface area contributed by atoms with Crippen LogP contribution < -0.4 is 5.32 Å². The van der Waals surface area contributed by atoms with Crippen molar-refractivity contribution in [2.75, 3.05) is 11.9 Å². The van der Waals surface area contributed by atoms with Crippen molar-refractivity contribution < 1.29 is 9.59 Å². The molecule has 1 N–H and O–H groups in total. The highest BCUT2D eigenvalue weighted by atomic mass is 35.5. The molecule has 2 aromatic rings. The molecule has 3 rings (SSSR count). The Kier molecular flexibility index (Phi) is 4.81. The summed E-state index contributed by atoms with van der Waals surface area (Å²) in [7, 11) is 0. The van der Waals surface area contributed by atoms with Gasteiger partial charge in [0, 0.05) is 29.9 Å². The predicted octanol–water partition coefficient (Wildman–Crippen LogP) is 3.03. The molecule has 1 fully saturated rings. The van der Waals surface area contributed by atoms with Crippen molar-refractivity contribution in [3.05, 3.63) is 58.9 Å². The van der Waals surface area contributed by atoms with Crippen molar-refractivity contribution in [3.8, 4) is 0 Å². The Bertz CT molecular complexity index is 764. The minimum atomic E-state index is -0.361. The molecule has 1 aliphatic heterocycles. The standard InChI is InChI=1S/C18H18ClN3O2/c1-12-5-6-14(19)9-16(12)21-18(24)13-8-17(23)22(10-13)11-15-4-2-3-7-20-15/h2-7,9,13H,8,10-11H2,1H3,(H,21,24)/t13-/m0/s1. The fourth-order valence-corrected chi connectivity index (χ4v) is 2.92. The lowest BCUT2D eigenvalue weighted by Gasteiger charge is -2.16. The zero-order valence-corrected chi connectivity index (χ0v) is 14.1. The number of pyridine rings is 1. The molecular formula is C18H18ClN3O2. The van der Waals surface area contributed by atoms with Gasteiger partial charge < -0.3 is 10.2 Å². The van der Waals surface area contributed by atoms with Gasteiger partial charge in [0.2, 0.25) is 11.8 Å². The van der Waals surface area contributed by atoms with Crippen LogP contribution in [0, 0.1) is 12.8 Å². The van der Waals surface area contributed by atoms with E-state index in [4.69, 9.17) is 11.6 Å². The second kappa shape index (κ2) is 7.01. The molecule has 24 heavy (non-hydrogen) atoms. The number of carbonyl (C=O) groups is 2. The molecule has 124 valence electrons. The van der Waals surface area contributed by atoms with Gasteiger partial charge in [-0.25, -0.2) is 0 Å². The van der Waals surface area contributed by atoms with Crippen molar-refractivity contribution in [1.82, 2.24) is 9.88 Å². The second-order valence-electron chi connectivity index (χ2n) is 5.94. The molecule has 1 atom stereocenters. The molecule has 0 bridgehead atoms. The number of hydrogen-bond acceptors (Lipinski definition) is 3. The SMILES string of the molecule is Cc1ccc(Cl)cc1NC(=O)[C@H]1CC(=O)N(Cc2ccccn2)C1. The number of anilines is 1. The molecule has 0 aliphatic carbocycles. The Morgan fingerprint density at radius 1 is 1.38 bits per heavy atom. The van der Waals surface area contributed by atoms with E-state index in [9.17, 15) is 9.59 Å². The average Bonchev–Trinajstić information content (AvgIpc) is 2.93. The number of nitrogens with zero attached hydrogens (tertiary/aromatic N) is 2. The van der Waals surface area contributed by atoms with E-state index in [0.29, 0.717) is 23.8 Å². The zero-order chi connectivity index (χ0) is 17.1. The lowest BCUT2D eigenvalue weighted by atomic mass is 10.1. The largest absolute Gasteiger partial charge is 0.336 e. The summed E-state index contributed by atoms with van der Waals surface area (Å²) in [6.07, 6.45) is 1.92. The number of amides is 2. The van der Waals surface area contributed by atoms with Crippen molar-refractivity contribution in [3.63, 3.8) is 0 Å². The summed E-state index contributed by atoms with van der Waals surface area (Å²) in [5.41, 5.74) is 2.43. The van der Waals surface area contributed by atoms with Gasteiger partial charge in [-0.15, -0.1) is 0 Å². The van der Waals surface area contributed by atoms with E-state index in [0.717, 1.165) is 11.3 Å². The van der Waals surface area contributed by atoms with Crippen LogP contribution in [0.15, 0.2) is 42.6 Å². The Labute approximate surface area is 145 Å². The van der Waals surface area contributed by atoms with Crippen LogP contribution in [0.3, 0.4) is 0 Å². The molecule has 2 amide bonds. The quantitative estimate of drug-likeness (QED) is 0.928. The van der Waals surface area contributed by atoms with E-state index >= 15 is 0 Å². The van der Waals surface area contributed by atoms with Crippen LogP contribution >= 0.6 is 11.6 Å². The number of aromatic nitrogens is 1. The molecule has 0 radical (unpaired) electrons. The maximum absolute atomic E-state index is 12.5. The molecule has 1 aliphatic rings. The number of halogens is 1. The van der Waals surface area contributed by atoms with Crippen LogP contribution in [0.1, 0.15) is 17.7 Å². The molecule has 1 aromatic heterocycles. The van der Waals surface area contributed by atoms with Gasteiger partial charge >= 0.3 is 0 Å². The highest BCUT2D eigenvalue weighted by Gasteiger charge is 2.34. The predicted molar refractivity (Wildman–Crippen MR) is 92.6 cm³/mol. The topological polar surface area (TPSA) is 62.3 Å². The number of nitrogens with one attached hydrogen (secondary N) is 1. The van der Waals surface area contributed by atoms with Crippen molar-refractivity contribution in [2.45, 2.75) is 19.9 Å². The van der Waals surface area contributed by atoms with E-state index in [1.807, 2.05) is 31.2 Å². The van der Waals surface area contributed by atoms with Crippen LogP contribution in [0.5, 0.6) is 0 Å². The number of hydrogen-bond donors (Lipinski definition) is 1. The number of likely N-dealkylation sites (tertiary alicyclic amines) is 1. The van der Waals surface area contributed by atoms with E-state index in [2.05, 4.69) is 10.3 Å². The number of benzene rings is 1. The third-order valence-corrected chi connectivity index (χ3v) is 4.36. The first-order valence-electron chi connectivity index (χ1n) is 7.77. The smallest absolute Gasteiger partial charge is 0.229 e. The Morgan fingerprint density at radius 2 is 2.21 bits per heavy atom. The molecule has 1 saturated heterocycles. The van der Waals surface area contributed by atoms with E-state index in [-0.39, 0.29) is 24.2 Å². The van der Waals surface area contributed by atoms with Crippen LogP contribution in [-0.4, -0.2) is 28.2 Å². The number of rotatable bonds is 4. The maximum Gasteiger partial charge on any atom is 0.229 e. The van der Waals surface area contributed by atoms with Crippen molar-refractivity contribution >= 4 is 29.1 Å². The summed E-state index contributed by atoms with van der Waals surface area (Å²) in [6, 6.07) is 10.9. The summed E-state index contributed by atoms with van der Waals surface area (Å²) in [5.74, 6) is -0.541. The monoisotopic (exact) mass is 343 g/mol. The molecule has 0 spiro atoms. The molecule has 5 nitrogen and oxygen atoms in total. The van der Waals surface area contributed by atoms with Crippen LogP contribution in [-0.2, 0) is 16.1 Å². The normalized spacial score (nSPS) is 17.2. The van der Waals surface area contributed by atoms with E-state index < -0.39 is 0 Å². The molecule has 2 heterocycles. The second-order valence-corrected chi connectivity index (χ2v) is 6.38. The first-order valence-corrected chi connectivity index (χ1v) is 8.15. The van der Waals surface area contributed by atoms with Gasteiger partial charge in [0.05, 0.1) is 18.2 Å². The summed E-state index contributed by atoms with van der Waals surface area (Å²) in [4.78, 5) is 30.5. The zero-order valence-electron chi connectivity index (χ0n) is 13.3. The van der Waals surface area contributed by atoms with Gasteiger partial charge in [0.25, 0.3) is 0 Å². The number of aryl methyl sites for hydroxylation is 1. The van der Waals surface area contributed by atoms with Gasteiger partial charge in [-0.3, -0.25) is 14.6 Å². The van der Waals surface area contributed by atoms with Crippen LogP contribution in [0.25, 0.3) is 0 Å². The minimum Gasteiger partial charge on any atom is -0.336 e. The van der Waals surface area contributed by atoms with Gasteiger partial charge in [-0.1, -0.05) is 23.7 Å². The lowest BCUT2D eigenvalue weighted by Crippen LogP contribution is -2.28. The van der Waals surface area contributed by atoms with Gasteiger partial charge in [-0.2, -0.15) is 0 Å². The summed E-state index contributed by atoms with van der Waals surface area (Å²) < 4.78 is 0. The van der Waals surface area contributed by atoms with E-state index in [1.54, 1.807) is 23.2 Å². The molecular weight excluding hydrogens is 326 g/mol. The molecule has 0 unspecified atom stereocenters. The highest BCUT2D eigenvalue weighted by Crippen LogP contribution is 2.24. The third-order valence-electron chi connectivity index (χ3n) is 4.12. The first kappa shape index (κ1) is 16.5. The molecule has 1 aromatic carbocycles. The van der Waals surface area contributed by atoms with Crippen molar-refractivity contribution in [2.24, 2.45) is 5.92 Å². The van der Waals surface area contributed by atoms with E-state index in [1.165, 1.54) is 0 Å². The van der Waals surface area contributed by atoms with Crippen molar-refractivity contribution in [1.29, 1.82) is 0 Å². The summed E-state index contributed by atoms with van der Waals surface area (Å²) in [6.45, 7) is 2.74. The van der Waals surface area contributed by atoms with Gasteiger partial charge in [0.15, 0.2) is 0 Å². The van der Waals surface area contributed by atoms with Gasteiger partial charge in [-0.05, 0) is 36.8 Å². The Morgan fingerprint density at radius 3 is 2.96 bits per heavy atom. The van der Waals surface area contributed by atoms with Gasteiger partial charge in [0.1, 0.15) is 0 Å².